The number of ether oxygens (including phenoxy) is 1. The molecule has 8 nitrogen and oxygen atoms in total. The summed E-state index contributed by atoms with van der Waals surface area (Å²) in [5.74, 6) is -0.500. The normalized spacial score (nSPS) is 10.1. The molecule has 0 radical (unpaired) electrons. The first-order valence-electron chi connectivity index (χ1n) is 8.11. The number of hydrogen-bond donors (Lipinski definition) is 2. The molecule has 0 bridgehead atoms. The van der Waals surface area contributed by atoms with Crippen LogP contribution in [0.25, 0.3) is 0 Å². The summed E-state index contributed by atoms with van der Waals surface area (Å²) in [6, 6.07) is 10.5. The van der Waals surface area contributed by atoms with E-state index in [1.54, 1.807) is 42.7 Å². The van der Waals surface area contributed by atoms with Crippen molar-refractivity contribution in [3.63, 3.8) is 0 Å². The molecule has 0 saturated carbocycles. The van der Waals surface area contributed by atoms with E-state index >= 15 is 0 Å². The lowest BCUT2D eigenvalue weighted by atomic mass is 10.2. The van der Waals surface area contributed by atoms with Gasteiger partial charge < -0.3 is 15.4 Å². The van der Waals surface area contributed by atoms with Crippen molar-refractivity contribution in [3.05, 3.63) is 77.9 Å². The number of para-hydroxylation sites is 1. The van der Waals surface area contributed by atoms with Gasteiger partial charge in [-0.05, 0) is 23.8 Å². The highest BCUT2D eigenvalue weighted by Crippen LogP contribution is 2.19. The van der Waals surface area contributed by atoms with Gasteiger partial charge >= 0.3 is 5.97 Å². The van der Waals surface area contributed by atoms with Gasteiger partial charge in [-0.1, -0.05) is 18.2 Å². The lowest BCUT2D eigenvalue weighted by Crippen LogP contribution is -2.23. The van der Waals surface area contributed by atoms with Crippen molar-refractivity contribution in [1.29, 1.82) is 0 Å². The summed E-state index contributed by atoms with van der Waals surface area (Å²) >= 11 is 0. The molecule has 8 heteroatoms. The number of carbonyl (C=O) groups excluding carboxylic acids is 2. The van der Waals surface area contributed by atoms with Gasteiger partial charge in [0.25, 0.3) is 5.91 Å². The van der Waals surface area contributed by atoms with Crippen LogP contribution in [0, 0.1) is 0 Å². The van der Waals surface area contributed by atoms with Crippen molar-refractivity contribution in [2.24, 2.45) is 0 Å². The van der Waals surface area contributed by atoms with E-state index in [4.69, 9.17) is 4.74 Å². The Hall–Kier alpha value is -3.81. The number of benzene rings is 1. The fourth-order valence-corrected chi connectivity index (χ4v) is 2.30. The second-order valence-electron chi connectivity index (χ2n) is 5.50. The second kappa shape index (κ2) is 8.52. The molecule has 0 aliphatic heterocycles. The van der Waals surface area contributed by atoms with Gasteiger partial charge in [0, 0.05) is 31.3 Å². The predicted molar refractivity (Wildman–Crippen MR) is 98.5 cm³/mol. The van der Waals surface area contributed by atoms with E-state index in [0.717, 1.165) is 5.56 Å². The number of amides is 1. The Morgan fingerprint density at radius 2 is 1.81 bits per heavy atom. The Kier molecular flexibility index (Phi) is 5.68. The molecule has 0 saturated heterocycles. The Labute approximate surface area is 155 Å². The minimum atomic E-state index is -0.468. The monoisotopic (exact) mass is 363 g/mol. The van der Waals surface area contributed by atoms with Crippen molar-refractivity contribution in [3.8, 4) is 0 Å². The number of aromatic nitrogens is 3. The standard InChI is InChI=1S/C19H17N5O3/c1-27-18(26)15-6-2-3-7-16(15)24-19-22-11-14(12-23-19)17(25)21-10-13-5-4-8-20-9-13/h2-9,11-12H,10H2,1H3,(H,21,25)(H,22,23,24). The maximum atomic E-state index is 12.2. The Morgan fingerprint density at radius 1 is 1.04 bits per heavy atom. The molecule has 0 fully saturated rings. The second-order valence-corrected chi connectivity index (χ2v) is 5.50. The van der Waals surface area contributed by atoms with Crippen molar-refractivity contribution in [2.45, 2.75) is 6.54 Å². The summed E-state index contributed by atoms with van der Waals surface area (Å²) < 4.78 is 4.75. The number of pyridine rings is 1. The van der Waals surface area contributed by atoms with E-state index in [9.17, 15) is 9.59 Å². The highest BCUT2D eigenvalue weighted by atomic mass is 16.5. The van der Waals surface area contributed by atoms with Crippen LogP contribution in [0.1, 0.15) is 26.3 Å². The molecule has 2 N–H and O–H groups in total. The lowest BCUT2D eigenvalue weighted by molar-refractivity contribution is 0.0601. The number of nitrogens with zero attached hydrogens (tertiary/aromatic N) is 3. The topological polar surface area (TPSA) is 106 Å². The third-order valence-corrected chi connectivity index (χ3v) is 3.67. The van der Waals surface area contributed by atoms with Crippen molar-refractivity contribution in [1.82, 2.24) is 20.3 Å². The molecular formula is C19H17N5O3. The first kappa shape index (κ1) is 18.0. The minimum absolute atomic E-state index is 0.259. The van der Waals surface area contributed by atoms with Crippen LogP contribution in [0.4, 0.5) is 11.6 Å². The van der Waals surface area contributed by atoms with E-state index in [1.807, 2.05) is 6.07 Å². The Balaban J connectivity index is 1.65. The molecule has 2 aromatic heterocycles. The van der Waals surface area contributed by atoms with Crippen LogP contribution in [-0.4, -0.2) is 33.9 Å². The third kappa shape index (κ3) is 4.63. The zero-order chi connectivity index (χ0) is 19.1. The van der Waals surface area contributed by atoms with Gasteiger partial charge in [0.2, 0.25) is 5.95 Å². The first-order valence-corrected chi connectivity index (χ1v) is 8.11. The smallest absolute Gasteiger partial charge is 0.339 e. The summed E-state index contributed by atoms with van der Waals surface area (Å²) in [6.07, 6.45) is 6.18. The summed E-state index contributed by atoms with van der Waals surface area (Å²) in [5.41, 5.74) is 2.09. The van der Waals surface area contributed by atoms with Crippen LogP contribution < -0.4 is 10.6 Å². The van der Waals surface area contributed by atoms with Crippen LogP contribution in [0.3, 0.4) is 0 Å². The van der Waals surface area contributed by atoms with Crippen LogP contribution in [0.5, 0.6) is 0 Å². The van der Waals surface area contributed by atoms with Gasteiger partial charge in [-0.3, -0.25) is 9.78 Å². The number of anilines is 2. The van der Waals surface area contributed by atoms with Gasteiger partial charge in [-0.15, -0.1) is 0 Å². The number of methoxy groups -OCH3 is 1. The number of carbonyl (C=O) groups is 2. The molecule has 1 aromatic carbocycles. The van der Waals surface area contributed by atoms with Crippen molar-refractivity contribution >= 4 is 23.5 Å². The highest BCUT2D eigenvalue weighted by Gasteiger charge is 2.12. The fraction of sp³-hybridized carbons (Fsp3) is 0.105. The molecular weight excluding hydrogens is 346 g/mol. The summed E-state index contributed by atoms with van der Waals surface area (Å²) in [4.78, 5) is 36.2. The SMILES string of the molecule is COC(=O)c1ccccc1Nc1ncc(C(=O)NCc2cccnc2)cn1. The van der Waals surface area contributed by atoms with Crippen LogP contribution in [0.15, 0.2) is 61.2 Å². The van der Waals surface area contributed by atoms with E-state index in [1.165, 1.54) is 19.5 Å². The molecule has 1 amide bonds. The average molecular weight is 363 g/mol. The van der Waals surface area contributed by atoms with Gasteiger partial charge in [0.1, 0.15) is 0 Å². The largest absolute Gasteiger partial charge is 0.465 e. The van der Waals surface area contributed by atoms with E-state index in [-0.39, 0.29) is 11.9 Å². The quantitative estimate of drug-likeness (QED) is 0.647. The molecule has 0 aliphatic rings. The number of esters is 1. The lowest BCUT2D eigenvalue weighted by Gasteiger charge is -2.09. The van der Waals surface area contributed by atoms with E-state index in [0.29, 0.717) is 23.4 Å². The van der Waals surface area contributed by atoms with Crippen LogP contribution in [0.2, 0.25) is 0 Å². The van der Waals surface area contributed by atoms with Crippen molar-refractivity contribution in [2.75, 3.05) is 12.4 Å². The van der Waals surface area contributed by atoms with Gasteiger partial charge in [-0.25, -0.2) is 14.8 Å². The molecule has 0 spiro atoms. The van der Waals surface area contributed by atoms with Gasteiger partial charge in [0.15, 0.2) is 0 Å². The summed E-state index contributed by atoms with van der Waals surface area (Å²) in [6.45, 7) is 0.360. The highest BCUT2D eigenvalue weighted by molar-refractivity contribution is 5.96. The number of nitrogens with one attached hydrogen (secondary N) is 2. The number of rotatable bonds is 6. The molecule has 0 aliphatic carbocycles. The van der Waals surface area contributed by atoms with Crippen LogP contribution in [-0.2, 0) is 11.3 Å². The van der Waals surface area contributed by atoms with Gasteiger partial charge in [0.05, 0.1) is 23.9 Å². The Bertz CT molecular complexity index is 930. The molecule has 0 atom stereocenters. The van der Waals surface area contributed by atoms with E-state index in [2.05, 4.69) is 25.6 Å². The maximum Gasteiger partial charge on any atom is 0.339 e. The van der Waals surface area contributed by atoms with Crippen molar-refractivity contribution < 1.29 is 14.3 Å². The van der Waals surface area contributed by atoms with E-state index < -0.39 is 5.97 Å². The molecule has 27 heavy (non-hydrogen) atoms. The zero-order valence-electron chi connectivity index (χ0n) is 14.5. The summed E-state index contributed by atoms with van der Waals surface area (Å²) in [5, 5.41) is 5.72. The minimum Gasteiger partial charge on any atom is -0.465 e. The average Bonchev–Trinajstić information content (AvgIpc) is 2.73. The van der Waals surface area contributed by atoms with Gasteiger partial charge in [-0.2, -0.15) is 0 Å². The molecule has 3 aromatic rings. The fourth-order valence-electron chi connectivity index (χ4n) is 2.30. The molecule has 136 valence electrons. The third-order valence-electron chi connectivity index (χ3n) is 3.67. The first-order chi connectivity index (χ1) is 13.2. The summed E-state index contributed by atoms with van der Waals surface area (Å²) in [7, 11) is 1.31. The zero-order valence-corrected chi connectivity index (χ0v) is 14.5. The number of hydrogen-bond acceptors (Lipinski definition) is 7. The molecule has 2 heterocycles. The van der Waals surface area contributed by atoms with Crippen LogP contribution >= 0.6 is 0 Å². The maximum absolute atomic E-state index is 12.2. The molecule has 0 unspecified atom stereocenters. The Morgan fingerprint density at radius 3 is 2.52 bits per heavy atom. The molecule has 3 rings (SSSR count). The predicted octanol–water partition coefficient (Wildman–Crippen LogP) is 2.33.